The number of thioether (sulfide) groups is 1. The van der Waals surface area contributed by atoms with Crippen LogP contribution >= 0.6 is 11.8 Å². The van der Waals surface area contributed by atoms with E-state index in [1.54, 1.807) is 60.5 Å². The number of rotatable bonds is 12. The Balaban J connectivity index is 1.19. The fraction of sp³-hybridized carbons (Fsp3) is 0.472. The lowest BCUT2D eigenvalue weighted by Crippen LogP contribution is -2.63. The van der Waals surface area contributed by atoms with Crippen LogP contribution < -0.4 is 9.47 Å². The number of carbonyl (C=O) groups excluding carboxylic acids is 5. The first-order valence-electron chi connectivity index (χ1n) is 16.9. The van der Waals surface area contributed by atoms with Crippen LogP contribution in [0.25, 0.3) is 0 Å². The van der Waals surface area contributed by atoms with Crippen molar-refractivity contribution in [2.75, 3.05) is 40.5 Å². The number of benzene rings is 2. The highest BCUT2D eigenvalue weighted by Gasteiger charge is 2.61. The van der Waals surface area contributed by atoms with E-state index in [1.807, 2.05) is 6.92 Å². The molecule has 0 bridgehead atoms. The van der Waals surface area contributed by atoms with Gasteiger partial charge in [-0.1, -0.05) is 31.2 Å². The number of ether oxygens (including phenoxy) is 6. The van der Waals surface area contributed by atoms with E-state index in [0.29, 0.717) is 34.9 Å². The zero-order valence-electron chi connectivity index (χ0n) is 29.2. The second kappa shape index (κ2) is 15.7. The molecule has 4 aliphatic rings. The van der Waals surface area contributed by atoms with Gasteiger partial charge in [0.2, 0.25) is 5.91 Å². The van der Waals surface area contributed by atoms with Gasteiger partial charge < -0.3 is 48.2 Å². The molecular weight excluding hydrogens is 698 g/mol. The molecule has 0 radical (unpaired) electrons. The number of hydrogen-bond donors (Lipinski definition) is 1. The molecule has 16 heteroatoms. The van der Waals surface area contributed by atoms with Crippen LogP contribution in [0.1, 0.15) is 31.4 Å². The first kappa shape index (κ1) is 36.8. The number of hydrogen-bond acceptors (Lipinski definition) is 13. The summed E-state index contributed by atoms with van der Waals surface area (Å²) in [5.41, 5.74) is 1.31. The number of nitrogens with zero attached hydrogens (tertiary/aromatic N) is 3. The predicted octanol–water partition coefficient (Wildman–Crippen LogP) is 3.92. The summed E-state index contributed by atoms with van der Waals surface area (Å²) >= 11 is 1.31. The third kappa shape index (κ3) is 7.62. The molecule has 3 saturated heterocycles. The van der Waals surface area contributed by atoms with Gasteiger partial charge >= 0.3 is 24.3 Å². The summed E-state index contributed by atoms with van der Waals surface area (Å²) in [6.45, 7) is 4.27. The molecule has 52 heavy (non-hydrogen) atoms. The van der Waals surface area contributed by atoms with E-state index in [2.05, 4.69) is 0 Å². The van der Waals surface area contributed by atoms with Gasteiger partial charge in [0.05, 0.1) is 44.9 Å². The van der Waals surface area contributed by atoms with Gasteiger partial charge in [-0.3, -0.25) is 4.79 Å². The van der Waals surface area contributed by atoms with Gasteiger partial charge in [0.1, 0.15) is 37.0 Å². The summed E-state index contributed by atoms with van der Waals surface area (Å²) < 4.78 is 31.4. The SMILES string of the molecule is COc1ccc(COC(=O)OC(=O)C2=C(S[C@H]3C[C@@H](CN4CCOC4=O)N(C(=O)OCc4ccc(OC)cc4)C3)[C@H](C)[C@@H]3[C@@H]([C@@H](C)O)C(=O)N23)cc1. The Kier molecular flexibility index (Phi) is 11.1. The topological polar surface area (TPSA) is 171 Å². The fourth-order valence-corrected chi connectivity index (χ4v) is 8.58. The van der Waals surface area contributed by atoms with E-state index in [-0.39, 0.29) is 43.9 Å². The summed E-state index contributed by atoms with van der Waals surface area (Å²) in [5, 5.41) is 10.1. The van der Waals surface area contributed by atoms with E-state index in [1.165, 1.54) is 35.6 Å². The molecule has 1 N–H and O–H groups in total. The maximum atomic E-state index is 13.6. The lowest BCUT2D eigenvalue weighted by atomic mass is 9.79. The quantitative estimate of drug-likeness (QED) is 0.144. The van der Waals surface area contributed by atoms with Gasteiger partial charge in [-0.25, -0.2) is 19.2 Å². The van der Waals surface area contributed by atoms with E-state index in [4.69, 9.17) is 28.4 Å². The molecule has 0 saturated carbocycles. The number of likely N-dealkylation sites (tertiary alicyclic amines) is 1. The lowest BCUT2D eigenvalue weighted by molar-refractivity contribution is -0.163. The average molecular weight is 740 g/mol. The number of esters is 1. The Morgan fingerprint density at radius 3 is 2.13 bits per heavy atom. The number of fused-ring (bicyclic) bond motifs is 1. The van der Waals surface area contributed by atoms with E-state index in [9.17, 15) is 29.1 Å². The van der Waals surface area contributed by atoms with Gasteiger partial charge in [-0.2, -0.15) is 0 Å². The smallest absolute Gasteiger partial charge is 0.497 e. The van der Waals surface area contributed by atoms with E-state index >= 15 is 0 Å². The fourth-order valence-electron chi connectivity index (χ4n) is 7.02. The molecule has 15 nitrogen and oxygen atoms in total. The molecule has 2 aromatic rings. The van der Waals surface area contributed by atoms with Crippen molar-refractivity contribution in [3.05, 3.63) is 70.3 Å². The van der Waals surface area contributed by atoms with Gasteiger partial charge in [0, 0.05) is 29.2 Å². The molecule has 6 rings (SSSR count). The Morgan fingerprint density at radius 2 is 1.58 bits per heavy atom. The zero-order valence-corrected chi connectivity index (χ0v) is 30.0. The lowest BCUT2D eigenvalue weighted by Gasteiger charge is -2.46. The van der Waals surface area contributed by atoms with E-state index in [0.717, 1.165) is 5.56 Å². The van der Waals surface area contributed by atoms with Crippen molar-refractivity contribution in [2.24, 2.45) is 11.8 Å². The Bertz CT molecular complexity index is 1720. The normalized spacial score (nSPS) is 24.2. The summed E-state index contributed by atoms with van der Waals surface area (Å²) in [6, 6.07) is 12.9. The third-order valence-corrected chi connectivity index (χ3v) is 11.2. The van der Waals surface area contributed by atoms with Gasteiger partial charge in [-0.15, -0.1) is 11.8 Å². The van der Waals surface area contributed by atoms with Crippen LogP contribution in [0.3, 0.4) is 0 Å². The Hall–Kier alpha value is -4.96. The first-order chi connectivity index (χ1) is 25.0. The van der Waals surface area contributed by atoms with Crippen LogP contribution in [0.4, 0.5) is 14.4 Å². The Labute approximate surface area is 304 Å². The largest absolute Gasteiger partial charge is 0.516 e. The minimum Gasteiger partial charge on any atom is -0.497 e. The van der Waals surface area contributed by atoms with Gasteiger partial charge in [0.25, 0.3) is 0 Å². The number of aliphatic hydroxyl groups excluding tert-OH is 1. The van der Waals surface area contributed by atoms with Gasteiger partial charge in [0.15, 0.2) is 0 Å². The zero-order chi connectivity index (χ0) is 37.1. The molecule has 6 atom stereocenters. The molecular formula is C36H41N3O12S. The van der Waals surface area contributed by atoms with Gasteiger partial charge in [-0.05, 0) is 48.7 Å². The molecule has 0 spiro atoms. The molecule has 3 amide bonds. The van der Waals surface area contributed by atoms with Crippen LogP contribution in [0.2, 0.25) is 0 Å². The molecule has 3 fully saturated rings. The molecule has 4 aliphatic heterocycles. The van der Waals surface area contributed by atoms with E-state index < -0.39 is 60.2 Å². The van der Waals surface area contributed by atoms with Crippen LogP contribution in [0.15, 0.2) is 59.1 Å². The first-order valence-corrected chi connectivity index (χ1v) is 17.8. The number of carbonyl (C=O) groups is 5. The highest BCUT2D eigenvalue weighted by molar-refractivity contribution is 8.03. The van der Waals surface area contributed by atoms with Crippen molar-refractivity contribution < 1.29 is 57.5 Å². The predicted molar refractivity (Wildman–Crippen MR) is 184 cm³/mol. The maximum Gasteiger partial charge on any atom is 0.516 e. The minimum atomic E-state index is -1.24. The number of cyclic esters (lactones) is 1. The summed E-state index contributed by atoms with van der Waals surface area (Å²) in [7, 11) is 3.09. The Morgan fingerprint density at radius 1 is 0.962 bits per heavy atom. The molecule has 4 heterocycles. The van der Waals surface area contributed by atoms with Crippen molar-refractivity contribution in [1.82, 2.24) is 14.7 Å². The summed E-state index contributed by atoms with van der Waals surface area (Å²) in [6.07, 6.45) is -2.83. The summed E-state index contributed by atoms with van der Waals surface area (Å²) in [5.74, 6) is -1.37. The molecule has 0 unspecified atom stereocenters. The molecule has 0 aromatic heterocycles. The molecule has 2 aromatic carbocycles. The molecule has 0 aliphatic carbocycles. The van der Waals surface area contributed by atoms with Crippen LogP contribution in [0, 0.1) is 11.8 Å². The second-order valence-corrected chi connectivity index (χ2v) is 14.3. The van der Waals surface area contributed by atoms with Crippen molar-refractivity contribution in [2.45, 2.75) is 56.9 Å². The monoisotopic (exact) mass is 739 g/mol. The number of amides is 3. The van der Waals surface area contributed by atoms with Crippen LogP contribution in [-0.4, -0.2) is 114 Å². The number of methoxy groups -OCH3 is 2. The maximum absolute atomic E-state index is 13.6. The van der Waals surface area contributed by atoms with Crippen LogP contribution in [0.5, 0.6) is 11.5 Å². The van der Waals surface area contributed by atoms with Crippen molar-refractivity contribution >= 4 is 42.0 Å². The summed E-state index contributed by atoms with van der Waals surface area (Å²) in [4.78, 5) is 70.4. The highest BCUT2D eigenvalue weighted by Crippen LogP contribution is 2.52. The standard InChI is InChI=1S/C36H41N3O12S/c1-20-29-28(21(2)40)32(41)39(29)30(33(42)51-36(45)50-19-23-7-11-26(47-4)12-8-23)31(20)52-27-15-24(16-37-13-14-48-34(37)43)38(17-27)35(44)49-18-22-5-9-25(46-3)10-6-22/h5-12,20-21,24,27-29,40H,13-19H2,1-4H3/t20-,21-,24+,27+,28-,29-/m1/s1. The highest BCUT2D eigenvalue weighted by atomic mass is 32.2. The number of aliphatic hydroxyl groups is 1. The third-order valence-electron chi connectivity index (χ3n) is 9.70. The van der Waals surface area contributed by atoms with Crippen LogP contribution in [-0.2, 0) is 41.8 Å². The van der Waals surface area contributed by atoms with Crippen molar-refractivity contribution in [3.63, 3.8) is 0 Å². The number of β-lactam (4-membered cyclic amide) rings is 1. The second-order valence-electron chi connectivity index (χ2n) is 13.0. The molecule has 278 valence electrons. The average Bonchev–Trinajstić information content (AvgIpc) is 3.80. The van der Waals surface area contributed by atoms with Crippen molar-refractivity contribution in [1.29, 1.82) is 0 Å². The minimum absolute atomic E-state index is 0.0157. The van der Waals surface area contributed by atoms with Crippen molar-refractivity contribution in [3.8, 4) is 11.5 Å².